The van der Waals surface area contributed by atoms with Crippen LogP contribution in [-0.2, 0) is 6.54 Å². The van der Waals surface area contributed by atoms with E-state index in [0.29, 0.717) is 6.54 Å². The molecule has 2 aromatic rings. The molecule has 18 heavy (non-hydrogen) atoms. The van der Waals surface area contributed by atoms with E-state index in [4.69, 9.17) is 0 Å². The van der Waals surface area contributed by atoms with E-state index in [2.05, 4.69) is 4.98 Å². The number of rotatable bonds is 5. The third-order valence-electron chi connectivity index (χ3n) is 2.85. The lowest BCUT2D eigenvalue weighted by atomic mass is 10.1. The van der Waals surface area contributed by atoms with Gasteiger partial charge in [-0.25, -0.2) is 4.39 Å². The third kappa shape index (κ3) is 3.17. The van der Waals surface area contributed by atoms with Crippen LogP contribution in [-0.4, -0.2) is 14.7 Å². The molecule has 0 fully saturated rings. The van der Waals surface area contributed by atoms with E-state index < -0.39 is 6.10 Å². The molecule has 0 aliphatic heterocycles. The van der Waals surface area contributed by atoms with Gasteiger partial charge in [0.15, 0.2) is 0 Å². The van der Waals surface area contributed by atoms with Gasteiger partial charge in [-0.1, -0.05) is 13.3 Å². The maximum Gasteiger partial charge on any atom is 0.141 e. The van der Waals surface area contributed by atoms with E-state index in [1.165, 1.54) is 12.3 Å². The SMILES string of the molecule is CCCC(O)c1ccn(Cc2cncc(F)c2)c1. The van der Waals surface area contributed by atoms with Crippen molar-refractivity contribution < 1.29 is 9.50 Å². The molecule has 0 aliphatic rings. The van der Waals surface area contributed by atoms with Crippen molar-refractivity contribution in [1.29, 1.82) is 0 Å². The average molecular weight is 248 g/mol. The zero-order valence-corrected chi connectivity index (χ0v) is 10.4. The highest BCUT2D eigenvalue weighted by molar-refractivity contribution is 5.16. The molecule has 4 heteroatoms. The number of hydrogen-bond donors (Lipinski definition) is 1. The van der Waals surface area contributed by atoms with Crippen LogP contribution in [0.2, 0.25) is 0 Å². The molecule has 3 nitrogen and oxygen atoms in total. The quantitative estimate of drug-likeness (QED) is 0.883. The zero-order chi connectivity index (χ0) is 13.0. The molecular formula is C14H17FN2O. The fourth-order valence-electron chi connectivity index (χ4n) is 1.95. The Labute approximate surface area is 106 Å². The standard InChI is InChI=1S/C14H17FN2O/c1-2-3-14(18)12-4-5-17(10-12)9-11-6-13(15)8-16-7-11/h4-8,10,14,18H,2-3,9H2,1H3. The lowest BCUT2D eigenvalue weighted by Gasteiger charge is -2.06. The van der Waals surface area contributed by atoms with Crippen LogP contribution in [0.4, 0.5) is 4.39 Å². The number of pyridine rings is 1. The van der Waals surface area contributed by atoms with Crippen LogP contribution in [0.15, 0.2) is 36.9 Å². The smallest absolute Gasteiger partial charge is 0.141 e. The van der Waals surface area contributed by atoms with Crippen LogP contribution in [0.25, 0.3) is 0 Å². The summed E-state index contributed by atoms with van der Waals surface area (Å²) in [5, 5.41) is 9.86. The monoisotopic (exact) mass is 248 g/mol. The minimum absolute atomic E-state index is 0.328. The first-order valence-electron chi connectivity index (χ1n) is 6.12. The first-order valence-corrected chi connectivity index (χ1v) is 6.12. The number of halogens is 1. The van der Waals surface area contributed by atoms with E-state index in [1.807, 2.05) is 30.0 Å². The molecule has 2 heterocycles. The Hall–Kier alpha value is -1.68. The van der Waals surface area contributed by atoms with Crippen LogP contribution in [0.5, 0.6) is 0 Å². The Balaban J connectivity index is 2.06. The highest BCUT2D eigenvalue weighted by Gasteiger charge is 2.08. The van der Waals surface area contributed by atoms with Gasteiger partial charge in [0.1, 0.15) is 5.82 Å². The number of aromatic nitrogens is 2. The second-order valence-corrected chi connectivity index (χ2v) is 4.43. The molecule has 0 radical (unpaired) electrons. The number of hydrogen-bond acceptors (Lipinski definition) is 2. The minimum atomic E-state index is -0.415. The van der Waals surface area contributed by atoms with Crippen molar-refractivity contribution in [2.45, 2.75) is 32.4 Å². The van der Waals surface area contributed by atoms with Crippen LogP contribution >= 0.6 is 0 Å². The van der Waals surface area contributed by atoms with Gasteiger partial charge in [0.2, 0.25) is 0 Å². The molecule has 0 bridgehead atoms. The lowest BCUT2D eigenvalue weighted by Crippen LogP contribution is -1.99. The Bertz CT molecular complexity index is 510. The summed E-state index contributed by atoms with van der Waals surface area (Å²) in [5.74, 6) is -0.328. The minimum Gasteiger partial charge on any atom is -0.388 e. The Morgan fingerprint density at radius 1 is 1.44 bits per heavy atom. The number of aliphatic hydroxyl groups is 1. The highest BCUT2D eigenvalue weighted by Crippen LogP contribution is 2.18. The van der Waals surface area contributed by atoms with Crippen LogP contribution < -0.4 is 0 Å². The fourth-order valence-corrected chi connectivity index (χ4v) is 1.95. The van der Waals surface area contributed by atoms with Gasteiger partial charge in [0.25, 0.3) is 0 Å². The molecule has 1 atom stereocenters. The van der Waals surface area contributed by atoms with Gasteiger partial charge >= 0.3 is 0 Å². The van der Waals surface area contributed by atoms with E-state index >= 15 is 0 Å². The summed E-state index contributed by atoms with van der Waals surface area (Å²) in [6, 6.07) is 3.36. The van der Waals surface area contributed by atoms with Gasteiger partial charge in [-0.15, -0.1) is 0 Å². The normalized spacial score (nSPS) is 12.6. The Morgan fingerprint density at radius 3 is 3.00 bits per heavy atom. The molecule has 0 aliphatic carbocycles. The van der Waals surface area contributed by atoms with Crippen molar-refractivity contribution in [2.75, 3.05) is 0 Å². The second-order valence-electron chi connectivity index (χ2n) is 4.43. The average Bonchev–Trinajstić information content (AvgIpc) is 2.78. The molecule has 0 saturated carbocycles. The van der Waals surface area contributed by atoms with Crippen molar-refractivity contribution in [1.82, 2.24) is 9.55 Å². The Kier molecular flexibility index (Phi) is 4.10. The molecule has 0 aromatic carbocycles. The summed E-state index contributed by atoms with van der Waals surface area (Å²) in [7, 11) is 0. The predicted octanol–water partition coefficient (Wildman–Crippen LogP) is 2.90. The first-order chi connectivity index (χ1) is 8.69. The predicted molar refractivity (Wildman–Crippen MR) is 67.6 cm³/mol. The first kappa shape index (κ1) is 12.8. The van der Waals surface area contributed by atoms with E-state index in [9.17, 15) is 9.50 Å². The largest absolute Gasteiger partial charge is 0.388 e. The van der Waals surface area contributed by atoms with E-state index in [-0.39, 0.29) is 5.82 Å². The van der Waals surface area contributed by atoms with Gasteiger partial charge in [-0.2, -0.15) is 0 Å². The fraction of sp³-hybridized carbons (Fsp3) is 0.357. The lowest BCUT2D eigenvalue weighted by molar-refractivity contribution is 0.166. The molecular weight excluding hydrogens is 231 g/mol. The van der Waals surface area contributed by atoms with Crippen molar-refractivity contribution in [3.8, 4) is 0 Å². The molecule has 2 aromatic heterocycles. The molecule has 0 saturated heterocycles. The van der Waals surface area contributed by atoms with Gasteiger partial charge in [0, 0.05) is 25.1 Å². The molecule has 0 spiro atoms. The van der Waals surface area contributed by atoms with E-state index in [0.717, 1.165) is 24.0 Å². The van der Waals surface area contributed by atoms with Crippen molar-refractivity contribution in [2.24, 2.45) is 0 Å². The molecule has 1 unspecified atom stereocenters. The number of nitrogens with zero attached hydrogens (tertiary/aromatic N) is 2. The topological polar surface area (TPSA) is 38.0 Å². The molecule has 96 valence electrons. The summed E-state index contributed by atoms with van der Waals surface area (Å²) < 4.78 is 14.9. The van der Waals surface area contributed by atoms with Gasteiger partial charge < -0.3 is 9.67 Å². The summed E-state index contributed by atoms with van der Waals surface area (Å²) in [6.07, 6.45) is 7.90. The van der Waals surface area contributed by atoms with Gasteiger partial charge in [-0.3, -0.25) is 4.98 Å². The number of aliphatic hydroxyl groups excluding tert-OH is 1. The van der Waals surface area contributed by atoms with Crippen molar-refractivity contribution >= 4 is 0 Å². The summed E-state index contributed by atoms with van der Waals surface area (Å²) >= 11 is 0. The molecule has 0 amide bonds. The zero-order valence-electron chi connectivity index (χ0n) is 10.4. The summed E-state index contributed by atoms with van der Waals surface area (Å²) in [4.78, 5) is 3.81. The van der Waals surface area contributed by atoms with Crippen molar-refractivity contribution in [3.63, 3.8) is 0 Å². The summed E-state index contributed by atoms with van der Waals surface area (Å²) in [6.45, 7) is 2.60. The maximum absolute atomic E-state index is 13.0. The maximum atomic E-state index is 13.0. The molecule has 1 N–H and O–H groups in total. The van der Waals surface area contributed by atoms with Crippen LogP contribution in [0.3, 0.4) is 0 Å². The van der Waals surface area contributed by atoms with Crippen molar-refractivity contribution in [3.05, 3.63) is 53.9 Å². The molecule has 2 rings (SSSR count). The van der Waals surface area contributed by atoms with Crippen LogP contribution in [0, 0.1) is 5.82 Å². The van der Waals surface area contributed by atoms with Gasteiger partial charge in [-0.05, 0) is 29.7 Å². The Morgan fingerprint density at radius 2 is 2.28 bits per heavy atom. The van der Waals surface area contributed by atoms with Crippen LogP contribution in [0.1, 0.15) is 37.0 Å². The third-order valence-corrected chi connectivity index (χ3v) is 2.85. The van der Waals surface area contributed by atoms with E-state index in [1.54, 1.807) is 6.20 Å². The highest BCUT2D eigenvalue weighted by atomic mass is 19.1. The van der Waals surface area contributed by atoms with Gasteiger partial charge in [0.05, 0.1) is 12.3 Å². The second kappa shape index (κ2) is 5.78. The summed E-state index contributed by atoms with van der Waals surface area (Å²) in [5.41, 5.74) is 1.71.